The highest BCUT2D eigenvalue weighted by atomic mass is 127. The fourth-order valence-electron chi connectivity index (χ4n) is 6.70. The summed E-state index contributed by atoms with van der Waals surface area (Å²) in [5.74, 6) is -2.38. The Morgan fingerprint density at radius 3 is 2.24 bits per heavy atom. The van der Waals surface area contributed by atoms with Crippen molar-refractivity contribution in [2.75, 3.05) is 6.61 Å². The van der Waals surface area contributed by atoms with E-state index >= 15 is 0 Å². The highest BCUT2D eigenvalue weighted by Crippen LogP contribution is 2.66. The Kier molecular flexibility index (Phi) is 12.8. The first-order chi connectivity index (χ1) is 27.1. The topological polar surface area (TPSA) is 228 Å². The van der Waals surface area contributed by atoms with Crippen molar-refractivity contribution in [3.8, 4) is 34.5 Å². The molecule has 3 aliphatic heterocycles. The fraction of sp³-hybridized carbons (Fsp3) is 0.235. The van der Waals surface area contributed by atoms with E-state index in [1.165, 1.54) is 24.3 Å². The van der Waals surface area contributed by atoms with Crippen LogP contribution in [0.3, 0.4) is 0 Å². The van der Waals surface area contributed by atoms with Crippen LogP contribution in [0.2, 0.25) is 20.1 Å². The second kappa shape index (κ2) is 16.5. The lowest BCUT2D eigenvalue weighted by atomic mass is 9.77. The molecule has 0 aliphatic carbocycles. The summed E-state index contributed by atoms with van der Waals surface area (Å²) in [6, 6.07) is 5.14. The number of esters is 1. The normalized spacial score (nSPS) is 23.4. The molecule has 0 radical (unpaired) electrons. The number of halogens is 8. The van der Waals surface area contributed by atoms with Crippen molar-refractivity contribution in [3.05, 3.63) is 87.0 Å². The monoisotopic (exact) mass is 1350 g/mol. The summed E-state index contributed by atoms with van der Waals surface area (Å²) in [6.07, 6.45) is -6.52. The molecule has 1 spiro atoms. The van der Waals surface area contributed by atoms with E-state index in [4.69, 9.17) is 70.1 Å². The zero-order chi connectivity index (χ0) is 42.5. The minimum Gasteiger partial charge on any atom is -0.505 e. The van der Waals surface area contributed by atoms with Gasteiger partial charge in [-0.1, -0.05) is 52.5 Å². The van der Waals surface area contributed by atoms with Crippen molar-refractivity contribution in [2.24, 2.45) is 0 Å². The van der Waals surface area contributed by atoms with Gasteiger partial charge in [0.1, 0.15) is 35.9 Å². The Bertz CT molecular complexity index is 2590. The van der Waals surface area contributed by atoms with Crippen LogP contribution < -0.4 is 19.5 Å². The van der Waals surface area contributed by atoms with Crippen molar-refractivity contribution in [1.82, 2.24) is 5.32 Å². The van der Waals surface area contributed by atoms with Gasteiger partial charge in [-0.3, -0.25) is 9.35 Å². The number of nitrogens with one attached hydrogen (secondary N) is 1. The van der Waals surface area contributed by atoms with Crippen molar-refractivity contribution in [3.63, 3.8) is 0 Å². The molecule has 15 nitrogen and oxygen atoms in total. The van der Waals surface area contributed by atoms with Gasteiger partial charge < -0.3 is 49.4 Å². The Labute approximate surface area is 402 Å². The quantitative estimate of drug-likeness (QED) is 0.0350. The molecule has 0 aromatic heterocycles. The van der Waals surface area contributed by atoms with Crippen molar-refractivity contribution < 1.29 is 66.7 Å². The van der Waals surface area contributed by atoms with E-state index in [0.717, 1.165) is 13.0 Å². The predicted octanol–water partition coefficient (Wildman–Crippen LogP) is 7.35. The number of amides is 1. The van der Waals surface area contributed by atoms with Crippen LogP contribution in [-0.4, -0.2) is 82.5 Å². The lowest BCUT2D eigenvalue weighted by Crippen LogP contribution is -2.65. The summed E-state index contributed by atoms with van der Waals surface area (Å²) < 4.78 is 65.6. The van der Waals surface area contributed by atoms with E-state index in [9.17, 15) is 43.0 Å². The van der Waals surface area contributed by atoms with Crippen LogP contribution in [0.1, 0.15) is 34.0 Å². The molecule has 0 bridgehead atoms. The summed E-state index contributed by atoms with van der Waals surface area (Å²) in [6.45, 7) is 0.372. The summed E-state index contributed by atoms with van der Waals surface area (Å²) >= 11 is 34.2. The number of aromatic hydroxyl groups is 1. The maximum atomic E-state index is 14.2. The lowest BCUT2D eigenvalue weighted by molar-refractivity contribution is -0.244. The van der Waals surface area contributed by atoms with Crippen LogP contribution in [0.25, 0.3) is 0 Å². The van der Waals surface area contributed by atoms with Gasteiger partial charge in [0.25, 0.3) is 10.1 Å². The zero-order valence-electron chi connectivity index (χ0n) is 28.3. The molecule has 1 saturated heterocycles. The molecule has 1 fully saturated rings. The van der Waals surface area contributed by atoms with Crippen LogP contribution in [0, 0.1) is 14.3 Å². The molecule has 6 atom stereocenters. The molecule has 4 aromatic rings. The Balaban J connectivity index is 1.54. The number of carbonyl (C=O) groups excluding carboxylic acids is 2. The third-order valence-electron chi connectivity index (χ3n) is 9.21. The molecule has 308 valence electrons. The average molecular weight is 1350 g/mol. The summed E-state index contributed by atoms with van der Waals surface area (Å²) in [5.41, 5.74) is -2.63. The second-order valence-electron chi connectivity index (χ2n) is 12.7. The van der Waals surface area contributed by atoms with Crippen molar-refractivity contribution >= 4 is 159 Å². The van der Waals surface area contributed by atoms with Crippen LogP contribution in [0.5, 0.6) is 34.5 Å². The number of benzene rings is 4. The standard InChI is InChI=1S/C34H21Cl4I4NO14S/c1-8(45)43-24-27(48)25(46)13(7-44)54-33(24)56-31-16-30(21(40)26(47)22(31)41)55-28-11(34(16)15-14(32(49)57-34)17(35)19(37)20(38)18(15)36)6-12(39)29(23(28)42)53-9-3-2-4-10(5-9)58(50,51)52/h2-6,13,24-25,27,33,44,46-48H,7H2,1H3,(H,43,45)(H,50,51,52)/t13-,24-,25-,27-,33+,34?/m1/s1. The van der Waals surface area contributed by atoms with Gasteiger partial charge in [0.15, 0.2) is 23.0 Å². The minimum atomic E-state index is -4.60. The maximum Gasteiger partial charge on any atom is 0.341 e. The zero-order valence-corrected chi connectivity index (χ0v) is 40.8. The van der Waals surface area contributed by atoms with Crippen LogP contribution >= 0.6 is 137 Å². The van der Waals surface area contributed by atoms with E-state index in [1.54, 1.807) is 45.2 Å². The smallest absolute Gasteiger partial charge is 0.341 e. The highest BCUT2D eigenvalue weighted by molar-refractivity contribution is 14.1. The molecule has 1 unspecified atom stereocenters. The number of carbonyl (C=O) groups is 2. The first-order valence-corrected chi connectivity index (χ1v) is 23.3. The SMILES string of the molecule is CC(=O)N[C@H]1[C@H](Oc2c(I)c(O)c(I)c3c2C2(OC(=O)c4c(Cl)c(Cl)c(Cl)c(Cl)c42)c2cc(I)c(Oc4cccc(S(=O)(=O)O)c4)c(I)c2O3)O[C@H](CO)[C@@H](O)[C@@H]1O. The number of phenols is 1. The Morgan fingerprint density at radius 2 is 1.60 bits per heavy atom. The summed E-state index contributed by atoms with van der Waals surface area (Å²) in [5, 5.41) is 44.9. The van der Waals surface area contributed by atoms with E-state index in [1.807, 2.05) is 45.2 Å². The molecule has 1 amide bonds. The Morgan fingerprint density at radius 1 is 0.931 bits per heavy atom. The van der Waals surface area contributed by atoms with Gasteiger partial charge in [0, 0.05) is 18.6 Å². The van der Waals surface area contributed by atoms with Gasteiger partial charge in [0.05, 0.1) is 62.6 Å². The van der Waals surface area contributed by atoms with E-state index in [-0.39, 0.29) is 81.8 Å². The van der Waals surface area contributed by atoms with Gasteiger partial charge in [-0.05, 0) is 109 Å². The van der Waals surface area contributed by atoms with E-state index in [2.05, 4.69) is 5.32 Å². The van der Waals surface area contributed by atoms with Gasteiger partial charge in [-0.2, -0.15) is 8.42 Å². The summed E-state index contributed by atoms with van der Waals surface area (Å²) in [7, 11) is -4.60. The molecule has 6 N–H and O–H groups in total. The van der Waals surface area contributed by atoms with E-state index < -0.39 is 75.5 Å². The van der Waals surface area contributed by atoms with Crippen molar-refractivity contribution in [1.29, 1.82) is 0 Å². The molecule has 4 aromatic carbocycles. The summed E-state index contributed by atoms with van der Waals surface area (Å²) in [4.78, 5) is 26.1. The number of hydrogen-bond acceptors (Lipinski definition) is 13. The largest absolute Gasteiger partial charge is 0.505 e. The molecule has 7 rings (SSSR count). The third-order valence-corrected chi connectivity index (χ3v) is 15.6. The number of aliphatic hydroxyl groups is 3. The third kappa shape index (κ3) is 7.28. The molecular formula is C34H21Cl4I4NO14S. The number of hydrogen-bond donors (Lipinski definition) is 6. The molecule has 24 heteroatoms. The predicted molar refractivity (Wildman–Crippen MR) is 240 cm³/mol. The van der Waals surface area contributed by atoms with Crippen LogP contribution in [0.15, 0.2) is 35.2 Å². The van der Waals surface area contributed by atoms with Crippen molar-refractivity contribution in [2.45, 2.75) is 48.1 Å². The fourth-order valence-corrected chi connectivity index (χ4v) is 12.1. The number of fused-ring (bicyclic) bond motifs is 6. The first kappa shape index (κ1) is 44.9. The van der Waals surface area contributed by atoms with Gasteiger partial charge in [-0.15, -0.1) is 0 Å². The minimum absolute atomic E-state index is 0.0119. The van der Waals surface area contributed by atoms with Crippen LogP contribution in [0.4, 0.5) is 0 Å². The maximum absolute atomic E-state index is 14.2. The number of phenolic OH excluding ortho intramolecular Hbond substituents is 1. The average Bonchev–Trinajstić information content (AvgIpc) is 3.47. The second-order valence-corrected chi connectivity index (χ2v) is 20.0. The highest BCUT2D eigenvalue weighted by Gasteiger charge is 2.60. The first-order valence-electron chi connectivity index (χ1n) is 16.0. The van der Waals surface area contributed by atoms with Gasteiger partial charge in [-0.25, -0.2) is 4.79 Å². The lowest BCUT2D eigenvalue weighted by Gasteiger charge is -2.44. The van der Waals surface area contributed by atoms with Gasteiger partial charge >= 0.3 is 5.97 Å². The number of ether oxygens (including phenoxy) is 5. The van der Waals surface area contributed by atoms with E-state index in [0.29, 0.717) is 3.57 Å². The molecule has 3 heterocycles. The molecule has 3 aliphatic rings. The van der Waals surface area contributed by atoms with Gasteiger partial charge in [0.2, 0.25) is 17.8 Å². The van der Waals surface area contributed by atoms with Crippen LogP contribution in [-0.2, 0) is 30.0 Å². The number of rotatable bonds is 7. The molecular weight excluding hydrogens is 1330 g/mol. The Hall–Kier alpha value is -1.15. The number of aliphatic hydroxyl groups excluding tert-OH is 3. The molecule has 58 heavy (non-hydrogen) atoms. The molecule has 0 saturated carbocycles.